The first kappa shape index (κ1) is 14.9. The largest absolute Gasteiger partial charge is 0.398 e. The van der Waals surface area contributed by atoms with E-state index >= 15 is 0 Å². The van der Waals surface area contributed by atoms with Gasteiger partial charge in [0.15, 0.2) is 0 Å². The lowest BCUT2D eigenvalue weighted by atomic mass is 10.2. The van der Waals surface area contributed by atoms with E-state index in [2.05, 4.69) is 15.9 Å². The molecule has 18 heavy (non-hydrogen) atoms. The molecule has 0 aliphatic heterocycles. The number of hydrogen-bond acceptors (Lipinski definition) is 4. The number of amides is 1. The van der Waals surface area contributed by atoms with Gasteiger partial charge in [-0.15, -0.1) is 0 Å². The van der Waals surface area contributed by atoms with Crippen LogP contribution in [0.25, 0.3) is 0 Å². The summed E-state index contributed by atoms with van der Waals surface area (Å²) in [4.78, 5) is 13.5. The Kier molecular flexibility index (Phi) is 5.58. The molecule has 0 saturated carbocycles. The van der Waals surface area contributed by atoms with Crippen molar-refractivity contribution in [2.24, 2.45) is 0 Å². The van der Waals surface area contributed by atoms with Gasteiger partial charge in [0.2, 0.25) is 0 Å². The maximum absolute atomic E-state index is 12.1. The normalized spacial score (nSPS) is 12.2. The number of methoxy groups -OCH3 is 1. The highest BCUT2D eigenvalue weighted by Crippen LogP contribution is 2.21. The Hall–Kier alpha value is -1.11. The molecule has 0 aromatic heterocycles. The van der Waals surface area contributed by atoms with Crippen molar-refractivity contribution in [3.63, 3.8) is 0 Å². The molecule has 0 aliphatic carbocycles. The van der Waals surface area contributed by atoms with Gasteiger partial charge in [-0.3, -0.25) is 4.79 Å². The van der Waals surface area contributed by atoms with Crippen molar-refractivity contribution < 1.29 is 14.6 Å². The number of nitrogen functional groups attached to an aromatic ring is 1. The van der Waals surface area contributed by atoms with Gasteiger partial charge in [-0.05, 0) is 34.1 Å². The summed E-state index contributed by atoms with van der Waals surface area (Å²) in [6.45, 7) is 0.414. The molecule has 3 N–H and O–H groups in total. The third kappa shape index (κ3) is 3.97. The lowest BCUT2D eigenvalue weighted by Gasteiger charge is -2.20. The van der Waals surface area contributed by atoms with E-state index in [-0.39, 0.29) is 19.1 Å². The maximum Gasteiger partial charge on any atom is 0.253 e. The minimum atomic E-state index is -0.693. The van der Waals surface area contributed by atoms with Gasteiger partial charge in [0.05, 0.1) is 12.7 Å². The van der Waals surface area contributed by atoms with Crippen LogP contribution < -0.4 is 5.73 Å². The van der Waals surface area contributed by atoms with Gasteiger partial charge in [0, 0.05) is 36.4 Å². The van der Waals surface area contributed by atoms with E-state index in [1.54, 1.807) is 25.2 Å². The molecule has 5 nitrogen and oxygen atoms in total. The van der Waals surface area contributed by atoms with E-state index in [0.717, 1.165) is 0 Å². The van der Waals surface area contributed by atoms with E-state index in [1.807, 2.05) is 0 Å². The SMILES string of the molecule is COCC(O)CN(C)C(=O)c1ccc(N)c(Br)c1. The van der Waals surface area contributed by atoms with E-state index < -0.39 is 6.10 Å². The first-order valence-corrected chi connectivity index (χ1v) is 6.22. The summed E-state index contributed by atoms with van der Waals surface area (Å²) in [6, 6.07) is 4.98. The van der Waals surface area contributed by atoms with Crippen LogP contribution in [0.3, 0.4) is 0 Å². The number of carbonyl (C=O) groups excluding carboxylic acids is 1. The van der Waals surface area contributed by atoms with Crippen LogP contribution in [0.1, 0.15) is 10.4 Å². The van der Waals surface area contributed by atoms with Crippen LogP contribution in [-0.2, 0) is 4.74 Å². The predicted molar refractivity (Wildman–Crippen MR) is 73.4 cm³/mol. The van der Waals surface area contributed by atoms with E-state index in [9.17, 15) is 9.90 Å². The average molecular weight is 317 g/mol. The van der Waals surface area contributed by atoms with Crippen molar-refractivity contribution in [3.05, 3.63) is 28.2 Å². The Morgan fingerprint density at radius 2 is 2.28 bits per heavy atom. The predicted octanol–water partition coefficient (Wildman–Crippen LogP) is 1.11. The van der Waals surface area contributed by atoms with Crippen LogP contribution in [0.5, 0.6) is 0 Å². The monoisotopic (exact) mass is 316 g/mol. The number of carbonyl (C=O) groups is 1. The van der Waals surface area contributed by atoms with Crippen molar-refractivity contribution in [2.75, 3.05) is 33.0 Å². The van der Waals surface area contributed by atoms with Crippen LogP contribution in [0.4, 0.5) is 5.69 Å². The number of nitrogens with two attached hydrogens (primary N) is 1. The Morgan fingerprint density at radius 1 is 1.61 bits per heavy atom. The fraction of sp³-hybridized carbons (Fsp3) is 0.417. The van der Waals surface area contributed by atoms with Crippen LogP contribution >= 0.6 is 15.9 Å². The number of rotatable bonds is 5. The van der Waals surface area contributed by atoms with E-state index in [1.165, 1.54) is 12.0 Å². The number of aliphatic hydroxyl groups is 1. The molecule has 0 aliphatic rings. The minimum Gasteiger partial charge on any atom is -0.398 e. The highest BCUT2D eigenvalue weighted by molar-refractivity contribution is 9.10. The molecule has 0 radical (unpaired) electrons. The summed E-state index contributed by atoms with van der Waals surface area (Å²) in [5.74, 6) is -0.175. The summed E-state index contributed by atoms with van der Waals surface area (Å²) in [7, 11) is 3.13. The zero-order valence-electron chi connectivity index (χ0n) is 10.4. The molecule has 0 fully saturated rings. The van der Waals surface area contributed by atoms with Crippen LogP contribution in [0.15, 0.2) is 22.7 Å². The van der Waals surface area contributed by atoms with Crippen molar-refractivity contribution in [1.82, 2.24) is 4.90 Å². The number of aliphatic hydroxyl groups excluding tert-OH is 1. The van der Waals surface area contributed by atoms with Gasteiger partial charge in [0.25, 0.3) is 5.91 Å². The van der Waals surface area contributed by atoms with Crippen molar-refractivity contribution in [1.29, 1.82) is 0 Å². The standard InChI is InChI=1S/C12H17BrN2O3/c1-15(6-9(16)7-18-2)12(17)8-3-4-11(14)10(13)5-8/h3-5,9,16H,6-7,14H2,1-2H3. The molecule has 1 amide bonds. The van der Waals surface area contributed by atoms with Gasteiger partial charge >= 0.3 is 0 Å². The van der Waals surface area contributed by atoms with Crippen LogP contribution in [-0.4, -0.2) is 49.3 Å². The molecule has 0 bridgehead atoms. The maximum atomic E-state index is 12.1. The number of nitrogens with zero attached hydrogens (tertiary/aromatic N) is 1. The molecule has 1 aromatic carbocycles. The molecule has 1 atom stereocenters. The Balaban J connectivity index is 2.71. The molecule has 0 heterocycles. The number of hydrogen-bond donors (Lipinski definition) is 2. The highest BCUT2D eigenvalue weighted by atomic mass is 79.9. The Labute approximate surface area is 115 Å². The number of anilines is 1. The van der Waals surface area contributed by atoms with Crippen molar-refractivity contribution in [2.45, 2.75) is 6.10 Å². The minimum absolute atomic E-state index is 0.175. The highest BCUT2D eigenvalue weighted by Gasteiger charge is 2.16. The molecule has 1 unspecified atom stereocenters. The number of likely N-dealkylation sites (N-methyl/N-ethyl adjacent to an activating group) is 1. The van der Waals surface area contributed by atoms with Gasteiger partial charge in [0.1, 0.15) is 0 Å². The van der Waals surface area contributed by atoms with Crippen LogP contribution in [0, 0.1) is 0 Å². The topological polar surface area (TPSA) is 75.8 Å². The summed E-state index contributed by atoms with van der Waals surface area (Å²) in [5.41, 5.74) is 6.75. The molecule has 100 valence electrons. The first-order valence-electron chi connectivity index (χ1n) is 5.43. The van der Waals surface area contributed by atoms with Gasteiger partial charge in [-0.25, -0.2) is 0 Å². The molecular weight excluding hydrogens is 300 g/mol. The van der Waals surface area contributed by atoms with E-state index in [4.69, 9.17) is 10.5 Å². The molecule has 1 aromatic rings. The molecule has 0 saturated heterocycles. The lowest BCUT2D eigenvalue weighted by Crippen LogP contribution is -2.36. The van der Waals surface area contributed by atoms with E-state index in [0.29, 0.717) is 15.7 Å². The fourth-order valence-electron chi connectivity index (χ4n) is 1.52. The quantitative estimate of drug-likeness (QED) is 0.798. The molecule has 0 spiro atoms. The first-order chi connectivity index (χ1) is 8.45. The molecule has 1 rings (SSSR count). The lowest BCUT2D eigenvalue weighted by molar-refractivity contribution is 0.0380. The third-order valence-electron chi connectivity index (χ3n) is 2.44. The fourth-order valence-corrected chi connectivity index (χ4v) is 1.90. The summed E-state index contributed by atoms with van der Waals surface area (Å²) < 4.78 is 5.49. The third-order valence-corrected chi connectivity index (χ3v) is 3.12. The second kappa shape index (κ2) is 6.72. The smallest absolute Gasteiger partial charge is 0.253 e. The van der Waals surface area contributed by atoms with Gasteiger partial charge in [-0.1, -0.05) is 0 Å². The zero-order chi connectivity index (χ0) is 13.7. The zero-order valence-corrected chi connectivity index (χ0v) is 12.0. The number of ether oxygens (including phenoxy) is 1. The Bertz CT molecular complexity index is 426. The second-order valence-corrected chi connectivity index (χ2v) is 4.89. The van der Waals surface area contributed by atoms with Gasteiger partial charge in [-0.2, -0.15) is 0 Å². The summed E-state index contributed by atoms with van der Waals surface area (Å²) in [6.07, 6.45) is -0.693. The molecular formula is C12H17BrN2O3. The second-order valence-electron chi connectivity index (χ2n) is 4.03. The Morgan fingerprint density at radius 3 is 2.83 bits per heavy atom. The van der Waals surface area contributed by atoms with Crippen LogP contribution in [0.2, 0.25) is 0 Å². The average Bonchev–Trinajstić information content (AvgIpc) is 2.32. The van der Waals surface area contributed by atoms with Crippen molar-refractivity contribution in [3.8, 4) is 0 Å². The van der Waals surface area contributed by atoms with Crippen molar-refractivity contribution >= 4 is 27.5 Å². The number of benzene rings is 1. The van der Waals surface area contributed by atoms with Gasteiger partial charge < -0.3 is 20.5 Å². The molecule has 6 heteroatoms. The summed E-state index contributed by atoms with van der Waals surface area (Å²) >= 11 is 3.27. The number of halogens is 1. The summed E-state index contributed by atoms with van der Waals surface area (Å²) in [5, 5.41) is 9.57.